The molecule has 3 unspecified atom stereocenters. The normalized spacial score (nSPS) is 30.8. The number of sulfonamides is 1. The first-order valence-electron chi connectivity index (χ1n) is 5.91. The fraction of sp³-hybridized carbons (Fsp3) is 0.545. The summed E-state index contributed by atoms with van der Waals surface area (Å²) in [6.45, 7) is 0. The van der Waals surface area contributed by atoms with E-state index < -0.39 is 10.0 Å². The fourth-order valence-corrected chi connectivity index (χ4v) is 3.84. The molecule has 2 aliphatic rings. The molecule has 0 saturated carbocycles. The molecular formula is C11H14N2O4S. The van der Waals surface area contributed by atoms with Crippen molar-refractivity contribution in [3.05, 3.63) is 28.7 Å². The zero-order valence-electron chi connectivity index (χ0n) is 9.63. The van der Waals surface area contributed by atoms with Crippen molar-refractivity contribution in [1.82, 2.24) is 9.71 Å². The second-order valence-electron chi connectivity index (χ2n) is 4.73. The zero-order chi connectivity index (χ0) is 12.8. The third kappa shape index (κ3) is 2.09. The van der Waals surface area contributed by atoms with E-state index in [0.717, 1.165) is 19.3 Å². The second kappa shape index (κ2) is 4.18. The van der Waals surface area contributed by atoms with Crippen molar-refractivity contribution >= 4 is 10.0 Å². The molecule has 3 atom stereocenters. The third-order valence-electron chi connectivity index (χ3n) is 3.48. The average molecular weight is 270 g/mol. The first kappa shape index (κ1) is 11.9. The minimum absolute atomic E-state index is 0.00691. The Bertz CT molecular complexity index is 589. The van der Waals surface area contributed by atoms with Gasteiger partial charge in [-0.3, -0.25) is 4.79 Å². The predicted octanol–water partition coefficient (Wildman–Crippen LogP) is -0.0269. The average Bonchev–Trinajstić information content (AvgIpc) is 2.91. The van der Waals surface area contributed by atoms with E-state index in [1.165, 1.54) is 18.3 Å². The van der Waals surface area contributed by atoms with Crippen LogP contribution in [0.15, 0.2) is 28.0 Å². The zero-order valence-corrected chi connectivity index (χ0v) is 10.4. The quantitative estimate of drug-likeness (QED) is 0.807. The molecular weight excluding hydrogens is 256 g/mol. The monoisotopic (exact) mass is 270 g/mol. The van der Waals surface area contributed by atoms with Crippen LogP contribution in [0.25, 0.3) is 0 Å². The Hall–Kier alpha value is -1.18. The van der Waals surface area contributed by atoms with Crippen LogP contribution >= 0.6 is 0 Å². The van der Waals surface area contributed by atoms with Crippen molar-refractivity contribution in [1.29, 1.82) is 0 Å². The van der Waals surface area contributed by atoms with E-state index in [0.29, 0.717) is 0 Å². The fourth-order valence-electron chi connectivity index (χ4n) is 2.59. The predicted molar refractivity (Wildman–Crippen MR) is 63.7 cm³/mol. The number of rotatable bonds is 3. The molecule has 6 nitrogen and oxygen atoms in total. The van der Waals surface area contributed by atoms with Gasteiger partial charge in [-0.1, -0.05) is 0 Å². The summed E-state index contributed by atoms with van der Waals surface area (Å²) in [6.07, 6.45) is 4.04. The number of ether oxygens (including phenoxy) is 1. The van der Waals surface area contributed by atoms with Gasteiger partial charge < -0.3 is 9.72 Å². The Morgan fingerprint density at radius 1 is 1.33 bits per heavy atom. The number of fused-ring (bicyclic) bond motifs is 2. The number of hydrogen-bond donors (Lipinski definition) is 2. The number of pyridine rings is 1. The van der Waals surface area contributed by atoms with Gasteiger partial charge in [0, 0.05) is 12.3 Å². The van der Waals surface area contributed by atoms with Gasteiger partial charge in [0.15, 0.2) is 0 Å². The Morgan fingerprint density at radius 3 is 2.72 bits per heavy atom. The molecule has 1 aromatic heterocycles. The van der Waals surface area contributed by atoms with Crippen LogP contribution in [0.1, 0.15) is 19.3 Å². The van der Waals surface area contributed by atoms with Crippen LogP contribution in [-0.2, 0) is 14.8 Å². The molecule has 0 amide bonds. The molecule has 2 bridgehead atoms. The summed E-state index contributed by atoms with van der Waals surface area (Å²) in [6, 6.07) is 2.35. The number of nitrogens with one attached hydrogen (secondary N) is 2. The molecule has 2 N–H and O–H groups in total. The Balaban J connectivity index is 1.79. The summed E-state index contributed by atoms with van der Waals surface area (Å²) in [5, 5.41) is 0. The third-order valence-corrected chi connectivity index (χ3v) is 4.97. The van der Waals surface area contributed by atoms with Crippen molar-refractivity contribution < 1.29 is 13.2 Å². The minimum atomic E-state index is -3.58. The van der Waals surface area contributed by atoms with Crippen LogP contribution in [0.3, 0.4) is 0 Å². The first-order chi connectivity index (χ1) is 8.54. The lowest BCUT2D eigenvalue weighted by Crippen LogP contribution is -2.41. The van der Waals surface area contributed by atoms with Gasteiger partial charge in [0.25, 0.3) is 0 Å². The van der Waals surface area contributed by atoms with Crippen LogP contribution in [-0.4, -0.2) is 31.7 Å². The van der Waals surface area contributed by atoms with Crippen molar-refractivity contribution in [3.63, 3.8) is 0 Å². The number of hydrogen-bond acceptors (Lipinski definition) is 4. The van der Waals surface area contributed by atoms with E-state index in [9.17, 15) is 13.2 Å². The maximum Gasteiger partial charge on any atom is 0.247 e. The van der Waals surface area contributed by atoms with Crippen molar-refractivity contribution in [2.24, 2.45) is 0 Å². The van der Waals surface area contributed by atoms with Gasteiger partial charge in [-0.05, 0) is 25.3 Å². The molecule has 18 heavy (non-hydrogen) atoms. The summed E-state index contributed by atoms with van der Waals surface area (Å²) < 4.78 is 32.4. The molecule has 2 aliphatic heterocycles. The molecule has 2 saturated heterocycles. The topological polar surface area (TPSA) is 88.3 Å². The molecule has 0 spiro atoms. The van der Waals surface area contributed by atoms with E-state index in [-0.39, 0.29) is 28.7 Å². The summed E-state index contributed by atoms with van der Waals surface area (Å²) >= 11 is 0. The molecule has 3 rings (SSSR count). The number of aromatic nitrogens is 1. The van der Waals surface area contributed by atoms with Crippen LogP contribution < -0.4 is 10.3 Å². The van der Waals surface area contributed by atoms with E-state index >= 15 is 0 Å². The largest absolute Gasteiger partial charge is 0.373 e. The van der Waals surface area contributed by atoms with E-state index in [1.807, 2.05) is 0 Å². The molecule has 98 valence electrons. The molecule has 2 fully saturated rings. The highest BCUT2D eigenvalue weighted by Crippen LogP contribution is 2.34. The van der Waals surface area contributed by atoms with Gasteiger partial charge in [0.05, 0.1) is 23.1 Å². The SMILES string of the molecule is O=c1ccc(S(=O)(=O)NC2CC3CCC2O3)c[nH]1. The molecule has 7 heteroatoms. The van der Waals surface area contributed by atoms with Gasteiger partial charge in [-0.2, -0.15) is 0 Å². The summed E-state index contributed by atoms with van der Waals surface area (Å²) in [5.41, 5.74) is -0.322. The second-order valence-corrected chi connectivity index (χ2v) is 6.44. The van der Waals surface area contributed by atoms with E-state index in [4.69, 9.17) is 4.74 Å². The lowest BCUT2D eigenvalue weighted by atomic mass is 9.96. The van der Waals surface area contributed by atoms with Gasteiger partial charge >= 0.3 is 0 Å². The van der Waals surface area contributed by atoms with Gasteiger partial charge in [0.2, 0.25) is 15.6 Å². The number of H-pyrrole nitrogens is 1. The van der Waals surface area contributed by atoms with Crippen molar-refractivity contribution in [2.45, 2.75) is 42.4 Å². The van der Waals surface area contributed by atoms with Crippen LogP contribution in [0.4, 0.5) is 0 Å². The van der Waals surface area contributed by atoms with Crippen molar-refractivity contribution in [2.75, 3.05) is 0 Å². The molecule has 1 aromatic rings. The summed E-state index contributed by atoms with van der Waals surface area (Å²) in [7, 11) is -3.58. The Kier molecular flexibility index (Phi) is 2.76. The number of aromatic amines is 1. The highest BCUT2D eigenvalue weighted by atomic mass is 32.2. The smallest absolute Gasteiger partial charge is 0.247 e. The molecule has 0 radical (unpaired) electrons. The standard InChI is InChI=1S/C11H14N2O4S/c14-11-4-2-8(6-12-11)18(15,16)13-9-5-7-1-3-10(9)17-7/h2,4,6-7,9-10,13H,1,3,5H2,(H,12,14). The van der Waals surface area contributed by atoms with E-state index in [2.05, 4.69) is 9.71 Å². The Morgan fingerprint density at radius 2 is 2.17 bits per heavy atom. The van der Waals surface area contributed by atoms with E-state index in [1.54, 1.807) is 0 Å². The van der Waals surface area contributed by atoms with Crippen LogP contribution in [0, 0.1) is 0 Å². The highest BCUT2D eigenvalue weighted by Gasteiger charge is 2.42. The minimum Gasteiger partial charge on any atom is -0.373 e. The summed E-state index contributed by atoms with van der Waals surface area (Å²) in [5.74, 6) is 0. The lowest BCUT2D eigenvalue weighted by molar-refractivity contribution is 0.0996. The van der Waals surface area contributed by atoms with Crippen molar-refractivity contribution in [3.8, 4) is 0 Å². The highest BCUT2D eigenvalue weighted by molar-refractivity contribution is 7.89. The molecule has 3 heterocycles. The van der Waals surface area contributed by atoms with Crippen LogP contribution in [0.5, 0.6) is 0 Å². The molecule has 0 aliphatic carbocycles. The van der Waals surface area contributed by atoms with Gasteiger partial charge in [-0.25, -0.2) is 13.1 Å². The maximum atomic E-state index is 12.1. The Labute approximate surface area is 104 Å². The maximum absolute atomic E-state index is 12.1. The van der Waals surface area contributed by atoms with Gasteiger partial charge in [-0.15, -0.1) is 0 Å². The molecule has 0 aromatic carbocycles. The lowest BCUT2D eigenvalue weighted by Gasteiger charge is -2.19. The summed E-state index contributed by atoms with van der Waals surface area (Å²) in [4.78, 5) is 13.3. The van der Waals surface area contributed by atoms with Gasteiger partial charge in [0.1, 0.15) is 0 Å². The first-order valence-corrected chi connectivity index (χ1v) is 7.39. The van der Waals surface area contributed by atoms with Crippen LogP contribution in [0.2, 0.25) is 0 Å².